The van der Waals surface area contributed by atoms with Crippen molar-refractivity contribution in [2.45, 2.75) is 12.8 Å². The molecule has 0 bridgehead atoms. The third-order valence-electron chi connectivity index (χ3n) is 5.14. The molecule has 2 aromatic carbocycles. The van der Waals surface area contributed by atoms with Crippen molar-refractivity contribution in [2.24, 2.45) is 5.73 Å². The van der Waals surface area contributed by atoms with Crippen LogP contribution in [0.2, 0.25) is 0 Å². The second kappa shape index (κ2) is 8.84. The maximum Gasteiger partial charge on any atom is 0.338 e. The standard InChI is InChI=1S/C24H17F2N3O3S/c1-2-32-24(31)20-19(14-5-9-16(26)10-6-14)17(12-27)21(28)29-22(30)18(33-23(20)29)11-13-3-7-15(25)8-4-13/h3-11,19H,2,28H2,1H3/b18-11+. The van der Waals surface area contributed by atoms with E-state index in [-0.39, 0.29) is 32.8 Å². The molecule has 33 heavy (non-hydrogen) atoms. The Morgan fingerprint density at radius 2 is 1.79 bits per heavy atom. The lowest BCUT2D eigenvalue weighted by molar-refractivity contribution is -0.136. The molecule has 4 rings (SSSR count). The highest BCUT2D eigenvalue weighted by Crippen LogP contribution is 2.36. The molecule has 2 N–H and O–H groups in total. The minimum Gasteiger partial charge on any atom is -0.463 e. The van der Waals surface area contributed by atoms with Gasteiger partial charge in [-0.3, -0.25) is 9.36 Å². The highest BCUT2D eigenvalue weighted by atomic mass is 32.1. The van der Waals surface area contributed by atoms with Crippen LogP contribution >= 0.6 is 11.3 Å². The van der Waals surface area contributed by atoms with Crippen LogP contribution in [0.25, 0.3) is 17.5 Å². The van der Waals surface area contributed by atoms with Crippen LogP contribution in [0, 0.1) is 23.0 Å². The molecule has 2 heterocycles. The monoisotopic (exact) mass is 465 g/mol. The summed E-state index contributed by atoms with van der Waals surface area (Å²) >= 11 is 1.01. The summed E-state index contributed by atoms with van der Waals surface area (Å²) in [6.45, 7) is 1.71. The van der Waals surface area contributed by atoms with Crippen LogP contribution < -0.4 is 20.5 Å². The van der Waals surface area contributed by atoms with Crippen LogP contribution in [-0.2, 0) is 9.53 Å². The molecule has 0 aliphatic carbocycles. The van der Waals surface area contributed by atoms with E-state index >= 15 is 0 Å². The van der Waals surface area contributed by atoms with E-state index in [1.54, 1.807) is 13.0 Å². The summed E-state index contributed by atoms with van der Waals surface area (Å²) in [4.78, 5) is 26.2. The van der Waals surface area contributed by atoms with Gasteiger partial charge in [-0.15, -0.1) is 11.3 Å². The van der Waals surface area contributed by atoms with Crippen molar-refractivity contribution in [1.82, 2.24) is 4.57 Å². The van der Waals surface area contributed by atoms with Crippen LogP contribution in [0.5, 0.6) is 0 Å². The van der Waals surface area contributed by atoms with Gasteiger partial charge >= 0.3 is 5.97 Å². The quantitative estimate of drug-likeness (QED) is 0.596. The fourth-order valence-corrected chi connectivity index (χ4v) is 4.82. The zero-order valence-corrected chi connectivity index (χ0v) is 18.2. The maximum atomic E-state index is 13.5. The summed E-state index contributed by atoms with van der Waals surface area (Å²) in [6, 6.07) is 12.9. The second-order valence-electron chi connectivity index (χ2n) is 7.14. The highest BCUT2D eigenvalue weighted by Gasteiger charge is 2.36. The van der Waals surface area contributed by atoms with Gasteiger partial charge in [-0.2, -0.15) is 5.26 Å². The summed E-state index contributed by atoms with van der Waals surface area (Å²) in [5.41, 5.74) is 6.79. The Balaban J connectivity index is 2.08. The van der Waals surface area contributed by atoms with Crippen LogP contribution in [0.1, 0.15) is 24.0 Å². The Hall–Kier alpha value is -4.03. The Morgan fingerprint density at radius 1 is 1.18 bits per heavy atom. The number of nitriles is 1. The lowest BCUT2D eigenvalue weighted by Crippen LogP contribution is -2.40. The summed E-state index contributed by atoms with van der Waals surface area (Å²) in [6.07, 6.45) is 1.55. The van der Waals surface area contributed by atoms with Gasteiger partial charge in [-0.05, 0) is 48.4 Å². The number of fused-ring (bicyclic) bond motifs is 1. The number of halogens is 2. The fraction of sp³-hybridized carbons (Fsp3) is 0.125. The topological polar surface area (TPSA) is 98.1 Å². The molecular weight excluding hydrogens is 448 g/mol. The number of nitrogens with zero attached hydrogens (tertiary/aromatic N) is 2. The molecule has 1 aliphatic heterocycles. The van der Waals surface area contributed by atoms with Gasteiger partial charge in [0.2, 0.25) is 0 Å². The highest BCUT2D eigenvalue weighted by molar-refractivity contribution is 7.07. The number of aromatic nitrogens is 1. The zero-order chi connectivity index (χ0) is 23.7. The van der Waals surface area contributed by atoms with Crippen LogP contribution in [0.3, 0.4) is 0 Å². The van der Waals surface area contributed by atoms with E-state index in [4.69, 9.17) is 10.5 Å². The van der Waals surface area contributed by atoms with Gasteiger partial charge in [0.15, 0.2) is 0 Å². The number of allylic oxidation sites excluding steroid dienone is 1. The SMILES string of the molecule is CCOC(=O)C1=c2s/c(=C/c3ccc(F)cc3)c(=O)n2C(N)=C(C#N)C1c1ccc(F)cc1. The molecule has 0 amide bonds. The summed E-state index contributed by atoms with van der Waals surface area (Å²) < 4.78 is 33.6. The van der Waals surface area contributed by atoms with Crippen molar-refractivity contribution in [1.29, 1.82) is 5.26 Å². The molecule has 166 valence electrons. The Labute approximate surface area is 190 Å². The first-order valence-electron chi connectivity index (χ1n) is 9.91. The number of ether oxygens (including phenoxy) is 1. The average molecular weight is 465 g/mol. The van der Waals surface area contributed by atoms with E-state index in [2.05, 4.69) is 0 Å². The van der Waals surface area contributed by atoms with Crippen molar-refractivity contribution >= 4 is 34.8 Å². The molecule has 0 fully saturated rings. The smallest absolute Gasteiger partial charge is 0.338 e. The van der Waals surface area contributed by atoms with Gasteiger partial charge in [-0.1, -0.05) is 24.3 Å². The van der Waals surface area contributed by atoms with E-state index in [0.29, 0.717) is 11.1 Å². The van der Waals surface area contributed by atoms with Crippen molar-refractivity contribution < 1.29 is 18.3 Å². The predicted molar refractivity (Wildman–Crippen MR) is 120 cm³/mol. The molecular formula is C24H17F2N3O3S. The van der Waals surface area contributed by atoms with Crippen molar-refractivity contribution in [3.63, 3.8) is 0 Å². The number of hydrogen-bond donors (Lipinski definition) is 1. The molecule has 6 nitrogen and oxygen atoms in total. The third kappa shape index (κ3) is 3.97. The summed E-state index contributed by atoms with van der Waals surface area (Å²) in [5.74, 6) is -2.66. The average Bonchev–Trinajstić information content (AvgIpc) is 3.11. The normalized spacial score (nSPS) is 15.9. The number of nitrogens with two attached hydrogens (primary N) is 1. The summed E-state index contributed by atoms with van der Waals surface area (Å²) in [7, 11) is 0. The van der Waals surface area contributed by atoms with Gasteiger partial charge in [0, 0.05) is 0 Å². The summed E-state index contributed by atoms with van der Waals surface area (Å²) in [5, 5.41) is 9.88. The number of esters is 1. The second-order valence-corrected chi connectivity index (χ2v) is 8.17. The van der Waals surface area contributed by atoms with E-state index in [1.165, 1.54) is 48.5 Å². The molecule has 1 atom stereocenters. The van der Waals surface area contributed by atoms with Crippen molar-refractivity contribution in [3.8, 4) is 6.07 Å². The third-order valence-corrected chi connectivity index (χ3v) is 6.24. The molecule has 0 saturated carbocycles. The molecule has 1 aliphatic rings. The molecule has 0 radical (unpaired) electrons. The van der Waals surface area contributed by atoms with Gasteiger partial charge < -0.3 is 10.5 Å². The van der Waals surface area contributed by atoms with Gasteiger partial charge in [0.25, 0.3) is 5.56 Å². The van der Waals surface area contributed by atoms with E-state index in [1.807, 2.05) is 6.07 Å². The first kappa shape index (κ1) is 22.2. The van der Waals surface area contributed by atoms with Crippen LogP contribution in [0.15, 0.2) is 58.9 Å². The van der Waals surface area contributed by atoms with Crippen LogP contribution in [0.4, 0.5) is 8.78 Å². The van der Waals surface area contributed by atoms with Gasteiger partial charge in [0.05, 0.1) is 34.3 Å². The van der Waals surface area contributed by atoms with Crippen molar-refractivity contribution in [2.75, 3.05) is 6.61 Å². The minimum atomic E-state index is -0.939. The minimum absolute atomic E-state index is 0.0228. The van der Waals surface area contributed by atoms with E-state index in [9.17, 15) is 23.6 Å². The number of carbonyl (C=O) groups is 1. The molecule has 9 heteroatoms. The Morgan fingerprint density at radius 3 is 2.36 bits per heavy atom. The van der Waals surface area contributed by atoms with Crippen LogP contribution in [-0.4, -0.2) is 17.1 Å². The first-order valence-corrected chi connectivity index (χ1v) is 10.7. The number of carbonyl (C=O) groups excluding carboxylic acids is 1. The Bertz CT molecular complexity index is 1490. The Kier molecular flexibility index (Phi) is 5.94. The largest absolute Gasteiger partial charge is 0.463 e. The van der Waals surface area contributed by atoms with Gasteiger partial charge in [-0.25, -0.2) is 13.6 Å². The van der Waals surface area contributed by atoms with Gasteiger partial charge in [0.1, 0.15) is 22.1 Å². The van der Waals surface area contributed by atoms with Crippen molar-refractivity contribution in [3.05, 3.63) is 96.4 Å². The number of benzene rings is 2. The maximum absolute atomic E-state index is 13.5. The number of thiazole rings is 1. The number of rotatable bonds is 4. The van der Waals surface area contributed by atoms with E-state index in [0.717, 1.165) is 15.9 Å². The fourth-order valence-electron chi connectivity index (χ4n) is 3.65. The molecule has 1 aromatic heterocycles. The lowest BCUT2D eigenvalue weighted by Gasteiger charge is -2.24. The van der Waals surface area contributed by atoms with E-state index < -0.39 is 29.1 Å². The molecule has 3 aromatic rings. The lowest BCUT2D eigenvalue weighted by atomic mass is 9.84. The predicted octanol–water partition coefficient (Wildman–Crippen LogP) is 2.18. The zero-order valence-electron chi connectivity index (χ0n) is 17.3. The molecule has 0 spiro atoms. The first-order chi connectivity index (χ1) is 15.8. The molecule has 0 saturated heterocycles. The molecule has 1 unspecified atom stereocenters. The number of hydrogen-bond acceptors (Lipinski definition) is 6.